The normalized spacial score (nSPS) is 11.3. The summed E-state index contributed by atoms with van der Waals surface area (Å²) in [5.41, 5.74) is 0. The van der Waals surface area contributed by atoms with Gasteiger partial charge in [0.15, 0.2) is 0 Å². The van der Waals surface area contributed by atoms with Gasteiger partial charge in [0, 0.05) is 26.2 Å². The van der Waals surface area contributed by atoms with Crippen molar-refractivity contribution in [1.82, 2.24) is 10.2 Å². The molecule has 0 bridgehead atoms. The number of likely N-dealkylation sites (N-methyl/N-ethyl adjacent to an activating group) is 1. The van der Waals surface area contributed by atoms with Crippen LogP contribution < -0.4 is 5.32 Å². The molecule has 0 saturated carbocycles. The summed E-state index contributed by atoms with van der Waals surface area (Å²) in [6.07, 6.45) is -4.55. The first kappa shape index (κ1) is 19.0. The topological polar surface area (TPSA) is 44.7 Å². The fourth-order valence-electron chi connectivity index (χ4n) is 0.903. The molecule has 0 aromatic rings. The van der Waals surface area contributed by atoms with E-state index in [-0.39, 0.29) is 19.8 Å². The molecular formula is C10H23F3N2O2. The molecule has 4 nitrogen and oxygen atoms in total. The number of rotatable bonds is 8. The van der Waals surface area contributed by atoms with Crippen LogP contribution in [0.1, 0.15) is 13.8 Å². The minimum Gasteiger partial charge on any atom is -0.395 e. The molecule has 0 aromatic carbocycles. The number of ether oxygens (including phenoxy) is 1. The van der Waals surface area contributed by atoms with Crippen LogP contribution in [0.25, 0.3) is 0 Å². The van der Waals surface area contributed by atoms with E-state index in [0.717, 1.165) is 0 Å². The van der Waals surface area contributed by atoms with Gasteiger partial charge in [-0.1, -0.05) is 13.8 Å². The van der Waals surface area contributed by atoms with E-state index in [1.807, 2.05) is 13.8 Å². The zero-order valence-electron chi connectivity index (χ0n) is 10.7. The number of hydrogen-bond donors (Lipinski definition) is 2. The predicted molar refractivity (Wildman–Crippen MR) is 60.8 cm³/mol. The number of aliphatic hydroxyl groups is 1. The Hall–Kier alpha value is -0.370. The Bertz CT molecular complexity index is 157. The van der Waals surface area contributed by atoms with E-state index in [2.05, 4.69) is 10.1 Å². The van der Waals surface area contributed by atoms with Crippen molar-refractivity contribution in [3.8, 4) is 0 Å². The number of nitrogens with one attached hydrogen (secondary N) is 1. The Morgan fingerprint density at radius 3 is 2.24 bits per heavy atom. The summed E-state index contributed by atoms with van der Waals surface area (Å²) in [7, 11) is 1.71. The van der Waals surface area contributed by atoms with Crippen LogP contribution in [0, 0.1) is 0 Å². The molecule has 0 aliphatic carbocycles. The van der Waals surface area contributed by atoms with Gasteiger partial charge in [-0.2, -0.15) is 0 Å². The summed E-state index contributed by atoms with van der Waals surface area (Å²) >= 11 is 0. The lowest BCUT2D eigenvalue weighted by molar-refractivity contribution is -0.324. The van der Waals surface area contributed by atoms with E-state index in [9.17, 15) is 13.2 Å². The smallest absolute Gasteiger partial charge is 0.395 e. The Morgan fingerprint density at radius 2 is 1.76 bits per heavy atom. The molecule has 0 aliphatic rings. The Kier molecular flexibility index (Phi) is 13.5. The lowest BCUT2D eigenvalue weighted by Crippen LogP contribution is -2.33. The van der Waals surface area contributed by atoms with Crippen molar-refractivity contribution in [2.45, 2.75) is 20.2 Å². The molecule has 0 aliphatic heterocycles. The SMILES string of the molecule is CC.CN(CCNCCO)CCOC(F)(F)F. The first-order chi connectivity index (χ1) is 7.95. The lowest BCUT2D eigenvalue weighted by atomic mass is 10.5. The summed E-state index contributed by atoms with van der Waals surface area (Å²) < 4.78 is 38.4. The van der Waals surface area contributed by atoms with Gasteiger partial charge in [0.05, 0.1) is 13.2 Å². The molecule has 0 heterocycles. The van der Waals surface area contributed by atoms with Gasteiger partial charge in [-0.15, -0.1) is 13.2 Å². The number of nitrogens with zero attached hydrogens (tertiary/aromatic N) is 1. The van der Waals surface area contributed by atoms with Crippen LogP contribution in [-0.4, -0.2) is 62.8 Å². The molecule has 0 rings (SSSR count). The summed E-state index contributed by atoms with van der Waals surface area (Å²) in [5.74, 6) is 0. The van der Waals surface area contributed by atoms with Crippen LogP contribution in [-0.2, 0) is 4.74 Å². The molecule has 106 valence electrons. The van der Waals surface area contributed by atoms with Gasteiger partial charge in [-0.3, -0.25) is 4.74 Å². The van der Waals surface area contributed by atoms with Crippen molar-refractivity contribution in [3.63, 3.8) is 0 Å². The number of halogens is 3. The zero-order valence-corrected chi connectivity index (χ0v) is 10.7. The van der Waals surface area contributed by atoms with E-state index in [4.69, 9.17) is 5.11 Å². The molecule has 0 atom stereocenters. The quantitative estimate of drug-likeness (QED) is 0.641. The maximum absolute atomic E-state index is 11.6. The van der Waals surface area contributed by atoms with E-state index >= 15 is 0 Å². The summed E-state index contributed by atoms with van der Waals surface area (Å²) in [4.78, 5) is 1.72. The van der Waals surface area contributed by atoms with Crippen molar-refractivity contribution < 1.29 is 23.0 Å². The zero-order chi connectivity index (χ0) is 13.7. The van der Waals surface area contributed by atoms with Gasteiger partial charge in [0.25, 0.3) is 0 Å². The highest BCUT2D eigenvalue weighted by atomic mass is 19.4. The van der Waals surface area contributed by atoms with E-state index in [1.165, 1.54) is 0 Å². The van der Waals surface area contributed by atoms with E-state index < -0.39 is 6.36 Å². The number of alkyl halides is 3. The fraction of sp³-hybridized carbons (Fsp3) is 1.00. The Morgan fingerprint density at radius 1 is 1.18 bits per heavy atom. The van der Waals surface area contributed by atoms with Crippen LogP contribution in [0.15, 0.2) is 0 Å². The van der Waals surface area contributed by atoms with Crippen LogP contribution in [0.3, 0.4) is 0 Å². The third-order valence-electron chi connectivity index (χ3n) is 1.70. The average Bonchev–Trinajstić information content (AvgIpc) is 2.25. The lowest BCUT2D eigenvalue weighted by Gasteiger charge is -2.17. The van der Waals surface area contributed by atoms with Gasteiger partial charge >= 0.3 is 6.36 Å². The van der Waals surface area contributed by atoms with Gasteiger partial charge in [0.1, 0.15) is 0 Å². The monoisotopic (exact) mass is 260 g/mol. The van der Waals surface area contributed by atoms with Crippen molar-refractivity contribution in [2.24, 2.45) is 0 Å². The van der Waals surface area contributed by atoms with Gasteiger partial charge in [0.2, 0.25) is 0 Å². The third kappa shape index (κ3) is 18.2. The summed E-state index contributed by atoms with van der Waals surface area (Å²) in [5, 5.41) is 11.4. The van der Waals surface area contributed by atoms with Crippen LogP contribution in [0.2, 0.25) is 0 Å². The Balaban J connectivity index is 0. The maximum Gasteiger partial charge on any atom is 0.522 e. The second-order valence-corrected chi connectivity index (χ2v) is 3.07. The van der Waals surface area contributed by atoms with Crippen LogP contribution in [0.4, 0.5) is 13.2 Å². The first-order valence-electron chi connectivity index (χ1n) is 5.66. The van der Waals surface area contributed by atoms with E-state index in [1.54, 1.807) is 11.9 Å². The molecule has 0 unspecified atom stereocenters. The summed E-state index contributed by atoms with van der Waals surface area (Å²) in [6.45, 7) is 5.65. The minimum atomic E-state index is -4.55. The Labute approximate surface area is 101 Å². The third-order valence-corrected chi connectivity index (χ3v) is 1.70. The highest BCUT2D eigenvalue weighted by molar-refractivity contribution is 4.54. The van der Waals surface area contributed by atoms with Gasteiger partial charge < -0.3 is 15.3 Å². The second kappa shape index (κ2) is 12.1. The van der Waals surface area contributed by atoms with Gasteiger partial charge in [-0.05, 0) is 7.05 Å². The highest BCUT2D eigenvalue weighted by Gasteiger charge is 2.28. The molecule has 0 saturated heterocycles. The number of aliphatic hydroxyl groups excluding tert-OH is 1. The van der Waals surface area contributed by atoms with Crippen LogP contribution in [0.5, 0.6) is 0 Å². The van der Waals surface area contributed by atoms with Crippen molar-refractivity contribution >= 4 is 0 Å². The van der Waals surface area contributed by atoms with Crippen LogP contribution >= 0.6 is 0 Å². The largest absolute Gasteiger partial charge is 0.522 e. The molecule has 0 spiro atoms. The standard InChI is InChI=1S/C8H17F3N2O2.C2H6/c1-13(4-2-12-3-6-14)5-7-15-8(9,10)11;1-2/h12,14H,2-7H2,1H3;1-2H3. The summed E-state index contributed by atoms with van der Waals surface area (Å²) in [6, 6.07) is 0. The maximum atomic E-state index is 11.6. The highest BCUT2D eigenvalue weighted by Crippen LogP contribution is 2.15. The molecule has 7 heteroatoms. The predicted octanol–water partition coefficient (Wildman–Crippen LogP) is 1.06. The van der Waals surface area contributed by atoms with E-state index in [0.29, 0.717) is 19.6 Å². The molecular weight excluding hydrogens is 237 g/mol. The van der Waals surface area contributed by atoms with Gasteiger partial charge in [-0.25, -0.2) is 0 Å². The van der Waals surface area contributed by atoms with Crippen molar-refractivity contribution in [1.29, 1.82) is 0 Å². The van der Waals surface area contributed by atoms with Crippen molar-refractivity contribution in [3.05, 3.63) is 0 Å². The van der Waals surface area contributed by atoms with Crippen molar-refractivity contribution in [2.75, 3.05) is 46.4 Å². The minimum absolute atomic E-state index is 0.0564. The molecule has 0 fully saturated rings. The molecule has 17 heavy (non-hydrogen) atoms. The second-order valence-electron chi connectivity index (χ2n) is 3.07. The molecule has 0 amide bonds. The molecule has 0 aromatic heterocycles. The number of hydrogen-bond acceptors (Lipinski definition) is 4. The molecule has 0 radical (unpaired) electrons. The molecule has 2 N–H and O–H groups in total. The first-order valence-corrected chi connectivity index (χ1v) is 5.66. The average molecular weight is 260 g/mol. The fourth-order valence-corrected chi connectivity index (χ4v) is 0.903.